The molecule has 6 nitrogen and oxygen atoms in total. The maximum absolute atomic E-state index is 12.0. The van der Waals surface area contributed by atoms with E-state index in [0.717, 1.165) is 20.9 Å². The second kappa shape index (κ2) is 7.59. The predicted molar refractivity (Wildman–Crippen MR) is 106 cm³/mol. The lowest BCUT2D eigenvalue weighted by Crippen LogP contribution is -2.29. The molecule has 2 N–H and O–H groups in total. The minimum absolute atomic E-state index is 0.0925. The molecule has 0 aliphatic heterocycles. The molecule has 130 valence electrons. The van der Waals surface area contributed by atoms with Gasteiger partial charge in [0.1, 0.15) is 10.7 Å². The van der Waals surface area contributed by atoms with E-state index in [9.17, 15) is 4.79 Å². The normalized spacial score (nSPS) is 10.8. The van der Waals surface area contributed by atoms with Crippen LogP contribution < -0.4 is 10.6 Å². The van der Waals surface area contributed by atoms with Gasteiger partial charge in [-0.25, -0.2) is 15.0 Å². The average molecular weight is 381 g/mol. The van der Waals surface area contributed by atoms with Crippen LogP contribution in [-0.4, -0.2) is 33.9 Å². The molecule has 26 heavy (non-hydrogen) atoms. The highest BCUT2D eigenvalue weighted by Crippen LogP contribution is 2.32. The zero-order valence-electron chi connectivity index (χ0n) is 13.7. The Bertz CT molecular complexity index is 1010. The summed E-state index contributed by atoms with van der Waals surface area (Å²) < 4.78 is 1.03. The first kappa shape index (κ1) is 16.6. The monoisotopic (exact) mass is 381 g/mol. The number of anilines is 1. The maximum atomic E-state index is 12.0. The van der Waals surface area contributed by atoms with Gasteiger partial charge in [0, 0.05) is 30.2 Å². The van der Waals surface area contributed by atoms with Gasteiger partial charge in [-0.1, -0.05) is 18.2 Å². The van der Waals surface area contributed by atoms with Crippen LogP contribution in [0.25, 0.3) is 20.9 Å². The van der Waals surface area contributed by atoms with E-state index in [4.69, 9.17) is 0 Å². The van der Waals surface area contributed by atoms with Crippen LogP contribution in [0, 0.1) is 0 Å². The van der Waals surface area contributed by atoms with Gasteiger partial charge in [0.05, 0.1) is 10.2 Å². The summed E-state index contributed by atoms with van der Waals surface area (Å²) in [5, 5.41) is 10.9. The Morgan fingerprint density at radius 1 is 1.00 bits per heavy atom. The topological polar surface area (TPSA) is 79.8 Å². The van der Waals surface area contributed by atoms with Crippen molar-refractivity contribution in [3.63, 3.8) is 0 Å². The van der Waals surface area contributed by atoms with E-state index < -0.39 is 0 Å². The molecule has 0 atom stereocenters. The summed E-state index contributed by atoms with van der Waals surface area (Å²) in [5.41, 5.74) is 2.39. The molecule has 0 aliphatic rings. The van der Waals surface area contributed by atoms with Gasteiger partial charge in [0.2, 0.25) is 5.95 Å². The Hall–Kier alpha value is -2.84. The zero-order valence-corrected chi connectivity index (χ0v) is 15.3. The molecule has 0 aliphatic carbocycles. The SMILES string of the molecule is O=C(NCCNc1nc(-c2nccs2)c2sccc2n1)c1ccccc1. The van der Waals surface area contributed by atoms with Crippen molar-refractivity contribution >= 4 is 44.7 Å². The molecule has 0 fully saturated rings. The van der Waals surface area contributed by atoms with E-state index in [1.54, 1.807) is 41.0 Å². The second-order valence-corrected chi connectivity index (χ2v) is 7.23. The molecule has 0 bridgehead atoms. The van der Waals surface area contributed by atoms with Gasteiger partial charge in [-0.2, -0.15) is 0 Å². The van der Waals surface area contributed by atoms with E-state index in [1.165, 1.54) is 0 Å². The first-order chi connectivity index (χ1) is 12.8. The average Bonchev–Trinajstić information content (AvgIpc) is 3.36. The number of benzene rings is 1. The summed E-state index contributed by atoms with van der Waals surface area (Å²) in [6.07, 6.45) is 1.77. The minimum atomic E-state index is -0.0925. The number of rotatable bonds is 6. The molecular formula is C18H15N5OS2. The smallest absolute Gasteiger partial charge is 0.251 e. The van der Waals surface area contributed by atoms with Gasteiger partial charge >= 0.3 is 0 Å². The van der Waals surface area contributed by atoms with Crippen LogP contribution in [0.2, 0.25) is 0 Å². The third-order valence-corrected chi connectivity index (χ3v) is 5.36. The molecule has 3 heterocycles. The molecule has 3 aromatic heterocycles. The molecular weight excluding hydrogens is 366 g/mol. The Morgan fingerprint density at radius 3 is 2.69 bits per heavy atom. The standard InChI is InChI=1S/C18H15N5OS2/c24-16(12-4-2-1-3-5-12)19-7-8-21-18-22-13-6-10-25-15(13)14(23-18)17-20-9-11-26-17/h1-6,9-11H,7-8H2,(H,19,24)(H,21,22,23). The van der Waals surface area contributed by atoms with Crippen molar-refractivity contribution in [2.45, 2.75) is 0 Å². The second-order valence-electron chi connectivity index (χ2n) is 5.42. The number of aromatic nitrogens is 3. The van der Waals surface area contributed by atoms with Crippen LogP contribution in [0.3, 0.4) is 0 Å². The highest BCUT2D eigenvalue weighted by atomic mass is 32.1. The molecule has 0 spiro atoms. The number of carbonyl (C=O) groups excluding carboxylic acids is 1. The van der Waals surface area contributed by atoms with E-state index in [-0.39, 0.29) is 5.91 Å². The van der Waals surface area contributed by atoms with Crippen molar-refractivity contribution in [3.8, 4) is 10.7 Å². The summed E-state index contributed by atoms with van der Waals surface area (Å²) in [7, 11) is 0. The number of thiazole rings is 1. The lowest BCUT2D eigenvalue weighted by atomic mass is 10.2. The number of thiophene rings is 1. The van der Waals surface area contributed by atoms with E-state index in [2.05, 4.69) is 25.6 Å². The van der Waals surface area contributed by atoms with Crippen LogP contribution in [0.5, 0.6) is 0 Å². The van der Waals surface area contributed by atoms with E-state index in [1.807, 2.05) is 35.0 Å². The Balaban J connectivity index is 1.42. The summed E-state index contributed by atoms with van der Waals surface area (Å²) in [4.78, 5) is 25.5. The summed E-state index contributed by atoms with van der Waals surface area (Å²) in [6.45, 7) is 1.01. The predicted octanol–water partition coefficient (Wildman–Crippen LogP) is 3.66. The van der Waals surface area contributed by atoms with Gasteiger partial charge in [-0.15, -0.1) is 22.7 Å². The van der Waals surface area contributed by atoms with Crippen LogP contribution in [-0.2, 0) is 0 Å². The minimum Gasteiger partial charge on any atom is -0.352 e. The van der Waals surface area contributed by atoms with Gasteiger partial charge in [0.25, 0.3) is 5.91 Å². The first-order valence-corrected chi connectivity index (χ1v) is 9.79. The quantitative estimate of drug-likeness (QED) is 0.498. The number of nitrogens with zero attached hydrogens (tertiary/aromatic N) is 3. The maximum Gasteiger partial charge on any atom is 0.251 e. The molecule has 1 amide bonds. The summed E-state index contributed by atoms with van der Waals surface area (Å²) >= 11 is 3.16. The zero-order chi connectivity index (χ0) is 17.8. The largest absolute Gasteiger partial charge is 0.352 e. The lowest BCUT2D eigenvalue weighted by Gasteiger charge is -2.08. The van der Waals surface area contributed by atoms with Crippen LogP contribution in [0.4, 0.5) is 5.95 Å². The van der Waals surface area contributed by atoms with Gasteiger partial charge in [0.15, 0.2) is 0 Å². The van der Waals surface area contributed by atoms with Gasteiger partial charge in [-0.05, 0) is 23.6 Å². The molecule has 4 aromatic rings. The van der Waals surface area contributed by atoms with Crippen molar-refractivity contribution in [1.82, 2.24) is 20.3 Å². The lowest BCUT2D eigenvalue weighted by molar-refractivity contribution is 0.0955. The fourth-order valence-electron chi connectivity index (χ4n) is 2.47. The van der Waals surface area contributed by atoms with E-state index in [0.29, 0.717) is 24.6 Å². The molecule has 0 saturated heterocycles. The van der Waals surface area contributed by atoms with Crippen molar-refractivity contribution in [1.29, 1.82) is 0 Å². The van der Waals surface area contributed by atoms with Crippen molar-refractivity contribution in [2.75, 3.05) is 18.4 Å². The Labute approximate surface area is 158 Å². The van der Waals surface area contributed by atoms with Crippen molar-refractivity contribution in [3.05, 3.63) is 58.9 Å². The highest BCUT2D eigenvalue weighted by Gasteiger charge is 2.13. The Morgan fingerprint density at radius 2 is 1.88 bits per heavy atom. The van der Waals surface area contributed by atoms with Crippen LogP contribution >= 0.6 is 22.7 Å². The molecule has 0 unspecified atom stereocenters. The number of amides is 1. The summed E-state index contributed by atoms with van der Waals surface area (Å²) in [6, 6.07) is 11.1. The van der Waals surface area contributed by atoms with Crippen molar-refractivity contribution < 1.29 is 4.79 Å². The third-order valence-electron chi connectivity index (χ3n) is 3.67. The molecule has 8 heteroatoms. The van der Waals surface area contributed by atoms with Gasteiger partial charge < -0.3 is 10.6 Å². The highest BCUT2D eigenvalue weighted by molar-refractivity contribution is 7.18. The van der Waals surface area contributed by atoms with E-state index >= 15 is 0 Å². The summed E-state index contributed by atoms with van der Waals surface area (Å²) in [5.74, 6) is 0.445. The fourth-order valence-corrected chi connectivity index (χ4v) is 3.99. The number of hydrogen-bond donors (Lipinski definition) is 2. The number of hydrogen-bond acceptors (Lipinski definition) is 7. The first-order valence-electron chi connectivity index (χ1n) is 8.03. The van der Waals surface area contributed by atoms with Crippen molar-refractivity contribution in [2.24, 2.45) is 0 Å². The van der Waals surface area contributed by atoms with Crippen LogP contribution in [0.1, 0.15) is 10.4 Å². The fraction of sp³-hybridized carbons (Fsp3) is 0.111. The molecule has 4 rings (SSSR count). The number of carbonyl (C=O) groups is 1. The van der Waals surface area contributed by atoms with Crippen LogP contribution in [0.15, 0.2) is 53.4 Å². The number of fused-ring (bicyclic) bond motifs is 1. The van der Waals surface area contributed by atoms with Gasteiger partial charge in [-0.3, -0.25) is 4.79 Å². The molecule has 1 aromatic carbocycles. The molecule has 0 radical (unpaired) electrons. The third kappa shape index (κ3) is 3.56. The Kier molecular flexibility index (Phi) is 4.85. The number of nitrogens with one attached hydrogen (secondary N) is 2. The molecule has 0 saturated carbocycles.